The minimum atomic E-state index is 0.516. The van der Waals surface area contributed by atoms with Crippen LogP contribution in [0.2, 0.25) is 0 Å². The van der Waals surface area contributed by atoms with Crippen LogP contribution < -0.4 is 5.73 Å². The summed E-state index contributed by atoms with van der Waals surface area (Å²) in [5.41, 5.74) is 9.49. The van der Waals surface area contributed by atoms with Crippen molar-refractivity contribution in [3.05, 3.63) is 48.4 Å². The van der Waals surface area contributed by atoms with Crippen molar-refractivity contribution in [3.63, 3.8) is 0 Å². The lowest BCUT2D eigenvalue weighted by atomic mass is 10.1. The Balaban J connectivity index is 2.15. The van der Waals surface area contributed by atoms with Crippen LogP contribution in [0.1, 0.15) is 18.9 Å². The third-order valence-corrected chi connectivity index (χ3v) is 3.27. The van der Waals surface area contributed by atoms with Crippen molar-refractivity contribution in [2.24, 2.45) is 0 Å². The number of aromatic nitrogens is 5. The highest BCUT2D eigenvalue weighted by atomic mass is 15.4. The van der Waals surface area contributed by atoms with Gasteiger partial charge in [0.2, 0.25) is 0 Å². The predicted octanol–water partition coefficient (Wildman–Crippen LogP) is 2.26. The van der Waals surface area contributed by atoms with Crippen LogP contribution in [0.3, 0.4) is 0 Å². The number of benzene rings is 1. The van der Waals surface area contributed by atoms with E-state index in [0.29, 0.717) is 5.82 Å². The standard InChI is InChI=1S/C15H16N6/c1-2-6-12-14(17-10-18-15(12)16)13-9-19-20-21(13)11-7-4-3-5-8-11/h3-5,7-10H,2,6H2,1H3,(H2,16,17,18). The Morgan fingerprint density at radius 3 is 2.71 bits per heavy atom. The lowest BCUT2D eigenvalue weighted by molar-refractivity contribution is 0.803. The smallest absolute Gasteiger partial charge is 0.130 e. The van der Waals surface area contributed by atoms with Gasteiger partial charge in [-0.3, -0.25) is 0 Å². The Hall–Kier alpha value is -2.76. The van der Waals surface area contributed by atoms with E-state index in [1.807, 2.05) is 30.3 Å². The summed E-state index contributed by atoms with van der Waals surface area (Å²) in [6, 6.07) is 9.83. The first-order chi connectivity index (χ1) is 10.3. The van der Waals surface area contributed by atoms with E-state index in [2.05, 4.69) is 27.2 Å². The Labute approximate surface area is 122 Å². The van der Waals surface area contributed by atoms with E-state index in [0.717, 1.165) is 35.5 Å². The molecule has 0 saturated carbocycles. The summed E-state index contributed by atoms with van der Waals surface area (Å²) in [6.07, 6.45) is 4.97. The summed E-state index contributed by atoms with van der Waals surface area (Å²) >= 11 is 0. The number of anilines is 1. The predicted molar refractivity (Wildman–Crippen MR) is 80.8 cm³/mol. The highest BCUT2D eigenvalue weighted by Gasteiger charge is 2.16. The molecule has 2 heterocycles. The molecular weight excluding hydrogens is 264 g/mol. The summed E-state index contributed by atoms with van der Waals surface area (Å²) in [5, 5.41) is 8.18. The minimum absolute atomic E-state index is 0.516. The average Bonchev–Trinajstić information content (AvgIpc) is 3.00. The van der Waals surface area contributed by atoms with Crippen LogP contribution >= 0.6 is 0 Å². The van der Waals surface area contributed by atoms with Crippen molar-refractivity contribution in [2.45, 2.75) is 19.8 Å². The molecule has 0 radical (unpaired) electrons. The van der Waals surface area contributed by atoms with Crippen molar-refractivity contribution in [1.82, 2.24) is 25.0 Å². The Kier molecular flexibility index (Phi) is 3.59. The summed E-state index contributed by atoms with van der Waals surface area (Å²) in [4.78, 5) is 8.48. The largest absolute Gasteiger partial charge is 0.383 e. The van der Waals surface area contributed by atoms with Crippen molar-refractivity contribution < 1.29 is 0 Å². The van der Waals surface area contributed by atoms with E-state index in [-0.39, 0.29) is 0 Å². The average molecular weight is 280 g/mol. The molecule has 2 N–H and O–H groups in total. The van der Waals surface area contributed by atoms with Crippen molar-refractivity contribution in [1.29, 1.82) is 0 Å². The number of nitrogen functional groups attached to an aromatic ring is 1. The Morgan fingerprint density at radius 2 is 1.95 bits per heavy atom. The number of hydrogen-bond acceptors (Lipinski definition) is 5. The third kappa shape index (κ3) is 2.47. The second-order valence-corrected chi connectivity index (χ2v) is 4.70. The molecule has 0 aliphatic rings. The topological polar surface area (TPSA) is 82.5 Å². The highest BCUT2D eigenvalue weighted by molar-refractivity contribution is 5.65. The highest BCUT2D eigenvalue weighted by Crippen LogP contribution is 2.26. The molecule has 6 heteroatoms. The van der Waals surface area contributed by atoms with Crippen LogP contribution in [-0.4, -0.2) is 25.0 Å². The molecule has 0 amide bonds. The number of para-hydroxylation sites is 1. The maximum atomic E-state index is 6.00. The monoisotopic (exact) mass is 280 g/mol. The van der Waals surface area contributed by atoms with E-state index in [1.54, 1.807) is 10.9 Å². The molecule has 1 aromatic carbocycles. The van der Waals surface area contributed by atoms with E-state index >= 15 is 0 Å². The zero-order valence-corrected chi connectivity index (χ0v) is 11.8. The van der Waals surface area contributed by atoms with Crippen LogP contribution in [-0.2, 0) is 6.42 Å². The first-order valence-electron chi connectivity index (χ1n) is 6.87. The van der Waals surface area contributed by atoms with Gasteiger partial charge in [0.25, 0.3) is 0 Å². The fourth-order valence-corrected chi connectivity index (χ4v) is 2.30. The van der Waals surface area contributed by atoms with Crippen LogP contribution in [0.25, 0.3) is 17.1 Å². The van der Waals surface area contributed by atoms with Gasteiger partial charge in [-0.05, 0) is 18.6 Å². The summed E-state index contributed by atoms with van der Waals surface area (Å²) in [7, 11) is 0. The van der Waals surface area contributed by atoms with E-state index in [9.17, 15) is 0 Å². The normalized spacial score (nSPS) is 10.7. The molecule has 0 atom stereocenters. The number of rotatable bonds is 4. The molecule has 3 rings (SSSR count). The second kappa shape index (κ2) is 5.70. The molecule has 0 unspecified atom stereocenters. The van der Waals surface area contributed by atoms with Crippen LogP contribution in [0.15, 0.2) is 42.9 Å². The van der Waals surface area contributed by atoms with Gasteiger partial charge in [-0.15, -0.1) is 5.10 Å². The van der Waals surface area contributed by atoms with Crippen LogP contribution in [0.4, 0.5) is 5.82 Å². The quantitative estimate of drug-likeness (QED) is 0.792. The van der Waals surface area contributed by atoms with E-state index < -0.39 is 0 Å². The lowest BCUT2D eigenvalue weighted by Crippen LogP contribution is -2.06. The first-order valence-corrected chi connectivity index (χ1v) is 6.87. The maximum Gasteiger partial charge on any atom is 0.130 e. The van der Waals surface area contributed by atoms with Gasteiger partial charge < -0.3 is 5.73 Å². The van der Waals surface area contributed by atoms with E-state index in [1.165, 1.54) is 6.33 Å². The first kappa shape index (κ1) is 13.2. The van der Waals surface area contributed by atoms with Gasteiger partial charge in [0.05, 0.1) is 17.6 Å². The van der Waals surface area contributed by atoms with Gasteiger partial charge in [0.1, 0.15) is 17.8 Å². The molecule has 106 valence electrons. The molecule has 3 aromatic rings. The van der Waals surface area contributed by atoms with Gasteiger partial charge in [0.15, 0.2) is 0 Å². The van der Waals surface area contributed by atoms with Gasteiger partial charge in [-0.1, -0.05) is 36.8 Å². The summed E-state index contributed by atoms with van der Waals surface area (Å²) < 4.78 is 1.76. The fourth-order valence-electron chi connectivity index (χ4n) is 2.30. The van der Waals surface area contributed by atoms with Crippen molar-refractivity contribution in [2.75, 3.05) is 5.73 Å². The molecule has 0 aliphatic carbocycles. The molecule has 0 fully saturated rings. The van der Waals surface area contributed by atoms with Gasteiger partial charge in [0, 0.05) is 5.56 Å². The molecule has 0 saturated heterocycles. The zero-order valence-electron chi connectivity index (χ0n) is 11.8. The van der Waals surface area contributed by atoms with Crippen molar-refractivity contribution in [3.8, 4) is 17.1 Å². The number of hydrogen-bond donors (Lipinski definition) is 1. The van der Waals surface area contributed by atoms with Crippen molar-refractivity contribution >= 4 is 5.82 Å². The fraction of sp³-hybridized carbons (Fsp3) is 0.200. The molecular formula is C15H16N6. The molecule has 0 aliphatic heterocycles. The lowest BCUT2D eigenvalue weighted by Gasteiger charge is -2.11. The maximum absolute atomic E-state index is 6.00. The molecule has 0 spiro atoms. The van der Waals surface area contributed by atoms with Gasteiger partial charge in [-0.2, -0.15) is 0 Å². The SMILES string of the molecule is CCCc1c(N)ncnc1-c1cnnn1-c1ccccc1. The summed E-state index contributed by atoms with van der Waals surface area (Å²) in [5.74, 6) is 0.516. The Morgan fingerprint density at radius 1 is 1.14 bits per heavy atom. The van der Waals surface area contributed by atoms with Crippen LogP contribution in [0.5, 0.6) is 0 Å². The minimum Gasteiger partial charge on any atom is -0.383 e. The van der Waals surface area contributed by atoms with Gasteiger partial charge >= 0.3 is 0 Å². The second-order valence-electron chi connectivity index (χ2n) is 4.70. The molecule has 2 aromatic heterocycles. The number of nitrogens with two attached hydrogens (primary N) is 1. The molecule has 0 bridgehead atoms. The summed E-state index contributed by atoms with van der Waals surface area (Å²) in [6.45, 7) is 2.10. The molecule has 21 heavy (non-hydrogen) atoms. The van der Waals surface area contributed by atoms with Gasteiger partial charge in [-0.25, -0.2) is 14.6 Å². The molecule has 6 nitrogen and oxygen atoms in total. The van der Waals surface area contributed by atoms with Crippen LogP contribution in [0, 0.1) is 0 Å². The Bertz CT molecular complexity index is 735. The van der Waals surface area contributed by atoms with E-state index in [4.69, 9.17) is 5.73 Å². The number of nitrogens with zero attached hydrogens (tertiary/aromatic N) is 5. The zero-order chi connectivity index (χ0) is 14.7. The third-order valence-electron chi connectivity index (χ3n) is 3.27.